The molecule has 0 saturated heterocycles. The van der Waals surface area contributed by atoms with Gasteiger partial charge in [-0.15, -0.1) is 0 Å². The van der Waals surface area contributed by atoms with E-state index in [0.717, 1.165) is 5.56 Å². The fourth-order valence-electron chi connectivity index (χ4n) is 2.72. The van der Waals surface area contributed by atoms with Gasteiger partial charge in [0.05, 0.1) is 22.5 Å². The van der Waals surface area contributed by atoms with Crippen molar-refractivity contribution in [1.29, 1.82) is 0 Å². The Hall–Kier alpha value is -2.78. The highest BCUT2D eigenvalue weighted by Crippen LogP contribution is 2.26. The molecule has 0 saturated carbocycles. The van der Waals surface area contributed by atoms with Gasteiger partial charge in [0.2, 0.25) is 0 Å². The Labute approximate surface area is 170 Å². The second-order valence-electron chi connectivity index (χ2n) is 6.22. The Kier molecular flexibility index (Phi) is 6.95. The first kappa shape index (κ1) is 20.9. The molecule has 0 aliphatic heterocycles. The van der Waals surface area contributed by atoms with Gasteiger partial charge in [-0.25, -0.2) is 8.78 Å². The van der Waals surface area contributed by atoms with Crippen LogP contribution in [0.4, 0.5) is 8.78 Å². The number of rotatable bonds is 9. The highest BCUT2D eigenvalue weighted by atomic mass is 35.5. The molecule has 2 aromatic heterocycles. The van der Waals surface area contributed by atoms with E-state index in [9.17, 15) is 13.6 Å². The van der Waals surface area contributed by atoms with E-state index in [1.807, 2.05) is 0 Å². The summed E-state index contributed by atoms with van der Waals surface area (Å²) in [5.74, 6) is -0.153. The minimum atomic E-state index is -2.58. The third kappa shape index (κ3) is 5.39. The van der Waals surface area contributed by atoms with Crippen LogP contribution in [0.1, 0.15) is 22.5 Å². The number of halogens is 3. The fraction of sp³-hybridized carbons (Fsp3) is 0.316. The number of benzene rings is 1. The van der Waals surface area contributed by atoms with E-state index in [4.69, 9.17) is 21.4 Å². The molecule has 0 spiro atoms. The average Bonchev–Trinajstić information content (AvgIpc) is 3.09. The lowest BCUT2D eigenvalue weighted by atomic mass is 10.2. The van der Waals surface area contributed by atoms with Crippen molar-refractivity contribution in [3.63, 3.8) is 0 Å². The third-order valence-corrected chi connectivity index (χ3v) is 4.32. The molecule has 1 aromatic carbocycles. The van der Waals surface area contributed by atoms with Crippen LogP contribution >= 0.6 is 11.6 Å². The van der Waals surface area contributed by atoms with Crippen LogP contribution in [0, 0.1) is 0 Å². The summed E-state index contributed by atoms with van der Waals surface area (Å²) in [5, 5.41) is 16.8. The molecule has 0 aliphatic carbocycles. The molecule has 7 nitrogen and oxygen atoms in total. The summed E-state index contributed by atoms with van der Waals surface area (Å²) in [7, 11) is 0. The lowest BCUT2D eigenvalue weighted by Gasteiger charge is -2.09. The first-order chi connectivity index (χ1) is 14.0. The zero-order valence-electron chi connectivity index (χ0n) is 15.3. The number of hydrogen-bond acceptors (Lipinski definition) is 5. The predicted molar refractivity (Wildman–Crippen MR) is 104 cm³/mol. The summed E-state index contributed by atoms with van der Waals surface area (Å²) in [5.41, 5.74) is 1.64. The Morgan fingerprint density at radius 1 is 1.34 bits per heavy atom. The van der Waals surface area contributed by atoms with E-state index in [2.05, 4.69) is 15.4 Å². The van der Waals surface area contributed by atoms with E-state index < -0.39 is 13.0 Å². The molecule has 0 unspecified atom stereocenters. The summed E-state index contributed by atoms with van der Waals surface area (Å²) < 4.78 is 31.1. The predicted octanol–water partition coefficient (Wildman–Crippen LogP) is 2.89. The number of aromatic nitrogens is 3. The van der Waals surface area contributed by atoms with E-state index >= 15 is 0 Å². The summed E-state index contributed by atoms with van der Waals surface area (Å²) in [6.07, 6.45) is 1.09. The SMILES string of the molecule is O=C(NCCCO)c1nccc2nn(Cc3ccc(OCC(F)F)c(Cl)c3)cc12. The number of nitrogens with zero attached hydrogens (tertiary/aromatic N) is 3. The van der Waals surface area contributed by atoms with Gasteiger partial charge in [-0.3, -0.25) is 14.5 Å². The number of pyridine rings is 1. The molecule has 0 radical (unpaired) electrons. The monoisotopic (exact) mass is 424 g/mol. The van der Waals surface area contributed by atoms with Gasteiger partial charge in [-0.1, -0.05) is 17.7 Å². The molecule has 3 rings (SSSR count). The minimum Gasteiger partial charge on any atom is -0.486 e. The normalized spacial score (nSPS) is 11.2. The van der Waals surface area contributed by atoms with Crippen molar-refractivity contribution in [2.45, 2.75) is 19.4 Å². The van der Waals surface area contributed by atoms with E-state index in [-0.39, 0.29) is 29.0 Å². The summed E-state index contributed by atoms with van der Waals surface area (Å²) in [6, 6.07) is 6.56. The minimum absolute atomic E-state index is 0.00956. The Morgan fingerprint density at radius 2 is 2.17 bits per heavy atom. The van der Waals surface area contributed by atoms with E-state index in [1.54, 1.807) is 29.1 Å². The molecule has 0 fully saturated rings. The van der Waals surface area contributed by atoms with Crippen molar-refractivity contribution in [3.8, 4) is 5.75 Å². The number of hydrogen-bond donors (Lipinski definition) is 2. The van der Waals surface area contributed by atoms with Crippen molar-refractivity contribution in [3.05, 3.63) is 52.9 Å². The molecule has 3 aromatic rings. The van der Waals surface area contributed by atoms with Gasteiger partial charge in [0.1, 0.15) is 18.1 Å². The summed E-state index contributed by atoms with van der Waals surface area (Å²) >= 11 is 6.10. The van der Waals surface area contributed by atoms with Crippen LogP contribution < -0.4 is 10.1 Å². The van der Waals surface area contributed by atoms with Crippen molar-refractivity contribution in [2.75, 3.05) is 19.8 Å². The van der Waals surface area contributed by atoms with Crippen molar-refractivity contribution < 1.29 is 23.4 Å². The molecule has 29 heavy (non-hydrogen) atoms. The highest BCUT2D eigenvalue weighted by molar-refractivity contribution is 6.32. The van der Waals surface area contributed by atoms with Crippen molar-refractivity contribution in [2.24, 2.45) is 0 Å². The van der Waals surface area contributed by atoms with Gasteiger partial charge in [0, 0.05) is 25.5 Å². The average molecular weight is 425 g/mol. The topological polar surface area (TPSA) is 89.3 Å². The van der Waals surface area contributed by atoms with Gasteiger partial charge in [0.25, 0.3) is 12.3 Å². The first-order valence-corrected chi connectivity index (χ1v) is 9.26. The summed E-state index contributed by atoms with van der Waals surface area (Å²) in [4.78, 5) is 16.5. The second kappa shape index (κ2) is 9.62. The Balaban J connectivity index is 1.76. The molecule has 0 aliphatic rings. The largest absolute Gasteiger partial charge is 0.486 e. The van der Waals surface area contributed by atoms with Crippen LogP contribution in [-0.4, -0.2) is 52.0 Å². The van der Waals surface area contributed by atoms with Crippen LogP contribution in [0.3, 0.4) is 0 Å². The molecule has 0 bridgehead atoms. The molecule has 0 atom stereocenters. The number of fused-ring (bicyclic) bond motifs is 1. The molecule has 154 valence electrons. The van der Waals surface area contributed by atoms with Crippen LogP contribution in [0.15, 0.2) is 36.7 Å². The zero-order chi connectivity index (χ0) is 20.8. The van der Waals surface area contributed by atoms with Crippen molar-refractivity contribution >= 4 is 28.4 Å². The number of alkyl halides is 2. The maximum Gasteiger partial charge on any atom is 0.272 e. The Bertz CT molecular complexity index is 997. The zero-order valence-corrected chi connectivity index (χ0v) is 16.1. The quantitative estimate of drug-likeness (QED) is 0.515. The van der Waals surface area contributed by atoms with E-state index in [1.165, 1.54) is 12.3 Å². The number of carbonyl (C=O) groups excluding carboxylic acids is 1. The lowest BCUT2D eigenvalue weighted by Crippen LogP contribution is -2.26. The molecule has 2 N–H and O–H groups in total. The molecule has 1 amide bonds. The number of nitrogens with one attached hydrogen (secondary N) is 1. The highest BCUT2D eigenvalue weighted by Gasteiger charge is 2.14. The van der Waals surface area contributed by atoms with Gasteiger partial charge >= 0.3 is 0 Å². The maximum atomic E-state index is 12.3. The Morgan fingerprint density at radius 3 is 2.90 bits per heavy atom. The third-order valence-electron chi connectivity index (χ3n) is 4.02. The maximum absolute atomic E-state index is 12.3. The number of carbonyl (C=O) groups is 1. The summed E-state index contributed by atoms with van der Waals surface area (Å²) in [6.45, 7) is -0.0285. The molecular formula is C19H19ClF2N4O3. The van der Waals surface area contributed by atoms with Gasteiger partial charge < -0.3 is 15.2 Å². The van der Waals surface area contributed by atoms with Crippen LogP contribution in [0.2, 0.25) is 5.02 Å². The van der Waals surface area contributed by atoms with Gasteiger partial charge in [-0.05, 0) is 30.2 Å². The number of amides is 1. The second-order valence-corrected chi connectivity index (χ2v) is 6.63. The molecule has 10 heteroatoms. The van der Waals surface area contributed by atoms with Crippen LogP contribution in [0.5, 0.6) is 5.75 Å². The smallest absolute Gasteiger partial charge is 0.272 e. The number of aliphatic hydroxyl groups is 1. The fourth-order valence-corrected chi connectivity index (χ4v) is 2.98. The van der Waals surface area contributed by atoms with Gasteiger partial charge in [-0.2, -0.15) is 5.10 Å². The van der Waals surface area contributed by atoms with Crippen molar-refractivity contribution in [1.82, 2.24) is 20.1 Å². The number of aliphatic hydroxyl groups excluding tert-OH is 1. The first-order valence-electron chi connectivity index (χ1n) is 8.88. The molecule has 2 heterocycles. The number of ether oxygens (including phenoxy) is 1. The van der Waals surface area contributed by atoms with E-state index in [0.29, 0.717) is 30.4 Å². The molecular weight excluding hydrogens is 406 g/mol. The standard InChI is InChI=1S/C19H19ClF2N4O3/c20-14-8-12(2-3-16(14)29-11-17(21)22)9-26-10-13-15(25-26)4-6-23-18(13)19(28)24-5-1-7-27/h2-4,6,8,10,17,27H,1,5,7,9,11H2,(H,24,28). The van der Waals surface area contributed by atoms with Crippen LogP contribution in [-0.2, 0) is 6.54 Å². The van der Waals surface area contributed by atoms with Gasteiger partial charge in [0.15, 0.2) is 0 Å². The lowest BCUT2D eigenvalue weighted by molar-refractivity contribution is 0.0819. The van der Waals surface area contributed by atoms with Crippen LogP contribution in [0.25, 0.3) is 10.9 Å².